The minimum atomic E-state index is -0.511. The molecule has 1 amide bonds. The summed E-state index contributed by atoms with van der Waals surface area (Å²) < 4.78 is 6.29. The number of aromatic nitrogens is 1. The van der Waals surface area contributed by atoms with Crippen molar-refractivity contribution in [1.29, 1.82) is 0 Å². The standard InChI is InChI=1S/C19H19N5O4S/c1-2-7-28-16-6-4-13(8-15(16)24(26)27)11-21-23-18(25)10-12-3-5-14-17(9-12)29-19(20)22-14/h3-6,8-9,11H,2,7,10H2,1H3,(H2,20,22)(H,23,25)/b21-11-. The van der Waals surface area contributed by atoms with Gasteiger partial charge in [0.25, 0.3) is 0 Å². The number of nitro groups is 1. The van der Waals surface area contributed by atoms with Gasteiger partial charge in [-0.25, -0.2) is 10.4 Å². The molecule has 3 rings (SSSR count). The number of nitrogens with one attached hydrogen (secondary N) is 1. The number of anilines is 1. The number of carbonyl (C=O) groups excluding carboxylic acids is 1. The maximum Gasteiger partial charge on any atom is 0.311 e. The highest BCUT2D eigenvalue weighted by atomic mass is 32.1. The van der Waals surface area contributed by atoms with Gasteiger partial charge in [0.05, 0.1) is 34.4 Å². The van der Waals surface area contributed by atoms with Crippen LogP contribution in [0.15, 0.2) is 41.5 Å². The number of thiazole rings is 1. The minimum absolute atomic E-state index is 0.134. The average Bonchev–Trinajstić information content (AvgIpc) is 3.06. The quantitative estimate of drug-likeness (QED) is 0.331. The zero-order chi connectivity index (χ0) is 20.8. The van der Waals surface area contributed by atoms with Crippen molar-refractivity contribution in [3.63, 3.8) is 0 Å². The summed E-state index contributed by atoms with van der Waals surface area (Å²) in [5.41, 5.74) is 10.0. The highest BCUT2D eigenvalue weighted by Crippen LogP contribution is 2.27. The summed E-state index contributed by atoms with van der Waals surface area (Å²) in [5.74, 6) is -0.104. The molecule has 29 heavy (non-hydrogen) atoms. The molecule has 0 spiro atoms. The maximum absolute atomic E-state index is 12.1. The molecule has 3 aromatic rings. The Morgan fingerprint density at radius 3 is 2.97 bits per heavy atom. The molecule has 150 valence electrons. The van der Waals surface area contributed by atoms with Gasteiger partial charge < -0.3 is 10.5 Å². The van der Waals surface area contributed by atoms with Crippen LogP contribution in [0.2, 0.25) is 0 Å². The van der Waals surface area contributed by atoms with Crippen LogP contribution in [0.25, 0.3) is 10.2 Å². The van der Waals surface area contributed by atoms with Gasteiger partial charge in [-0.1, -0.05) is 24.3 Å². The molecule has 0 radical (unpaired) electrons. The van der Waals surface area contributed by atoms with E-state index < -0.39 is 4.92 Å². The Morgan fingerprint density at radius 2 is 2.21 bits per heavy atom. The highest BCUT2D eigenvalue weighted by Gasteiger charge is 2.15. The van der Waals surface area contributed by atoms with Gasteiger partial charge in [0, 0.05) is 11.6 Å². The third kappa shape index (κ3) is 5.26. The van der Waals surface area contributed by atoms with E-state index in [1.165, 1.54) is 29.7 Å². The van der Waals surface area contributed by atoms with E-state index in [0.29, 0.717) is 17.3 Å². The second kappa shape index (κ2) is 9.11. The second-order valence-electron chi connectivity index (χ2n) is 6.16. The SMILES string of the molecule is CCCOc1ccc(/C=N\NC(=O)Cc2ccc3nc(N)sc3c2)cc1[N+](=O)[O-]. The molecule has 3 N–H and O–H groups in total. The molecule has 0 atom stereocenters. The van der Waals surface area contributed by atoms with Crippen LogP contribution in [0.5, 0.6) is 5.75 Å². The average molecular weight is 413 g/mol. The molecule has 0 aliphatic rings. The normalized spacial score (nSPS) is 11.1. The number of hydrazone groups is 1. The third-order valence-corrected chi connectivity index (χ3v) is 4.73. The number of carbonyl (C=O) groups is 1. The Labute approximate surface area is 170 Å². The number of rotatable bonds is 8. The van der Waals surface area contributed by atoms with E-state index in [1.807, 2.05) is 25.1 Å². The molecule has 1 aromatic heterocycles. The molecule has 0 fully saturated rings. The predicted molar refractivity (Wildman–Crippen MR) is 112 cm³/mol. The number of hydrogen-bond acceptors (Lipinski definition) is 8. The van der Waals surface area contributed by atoms with Crippen LogP contribution in [0.3, 0.4) is 0 Å². The number of benzene rings is 2. The van der Waals surface area contributed by atoms with Gasteiger partial charge in [-0.2, -0.15) is 5.10 Å². The van der Waals surface area contributed by atoms with Gasteiger partial charge in [0.15, 0.2) is 10.9 Å². The molecule has 0 aliphatic heterocycles. The van der Waals surface area contributed by atoms with Crippen molar-refractivity contribution in [3.8, 4) is 5.75 Å². The van der Waals surface area contributed by atoms with Crippen LogP contribution in [0, 0.1) is 10.1 Å². The number of hydrogen-bond donors (Lipinski definition) is 2. The van der Waals surface area contributed by atoms with E-state index >= 15 is 0 Å². The molecule has 0 bridgehead atoms. The smallest absolute Gasteiger partial charge is 0.311 e. The largest absolute Gasteiger partial charge is 0.487 e. The first-order valence-electron chi connectivity index (χ1n) is 8.84. The second-order valence-corrected chi connectivity index (χ2v) is 7.22. The van der Waals surface area contributed by atoms with Crippen LogP contribution < -0.4 is 15.9 Å². The number of nitrogens with two attached hydrogens (primary N) is 1. The Balaban J connectivity index is 1.62. The maximum atomic E-state index is 12.1. The molecule has 2 aromatic carbocycles. The van der Waals surface area contributed by atoms with E-state index in [2.05, 4.69) is 15.5 Å². The van der Waals surface area contributed by atoms with Gasteiger partial charge in [-0.05, 0) is 36.2 Å². The number of fused-ring (bicyclic) bond motifs is 1. The van der Waals surface area contributed by atoms with E-state index in [4.69, 9.17) is 10.5 Å². The van der Waals surface area contributed by atoms with Crippen molar-refractivity contribution in [2.75, 3.05) is 12.3 Å². The Hall–Kier alpha value is -3.53. The first-order chi connectivity index (χ1) is 14.0. The van der Waals surface area contributed by atoms with Gasteiger partial charge in [-0.15, -0.1) is 0 Å². The number of amides is 1. The molecule has 0 saturated carbocycles. The van der Waals surface area contributed by atoms with Crippen molar-refractivity contribution >= 4 is 44.5 Å². The summed E-state index contributed by atoms with van der Waals surface area (Å²) in [4.78, 5) is 27.0. The van der Waals surface area contributed by atoms with Crippen LogP contribution in [0.1, 0.15) is 24.5 Å². The summed E-state index contributed by atoms with van der Waals surface area (Å²) in [6, 6.07) is 10.00. The van der Waals surface area contributed by atoms with Crippen molar-refractivity contribution in [3.05, 3.63) is 57.6 Å². The van der Waals surface area contributed by atoms with Crippen molar-refractivity contribution < 1.29 is 14.5 Å². The number of ether oxygens (including phenoxy) is 1. The first-order valence-corrected chi connectivity index (χ1v) is 9.66. The lowest BCUT2D eigenvalue weighted by Crippen LogP contribution is -2.19. The topological polar surface area (TPSA) is 133 Å². The molecule has 1 heterocycles. The van der Waals surface area contributed by atoms with Crippen molar-refractivity contribution in [2.45, 2.75) is 19.8 Å². The van der Waals surface area contributed by atoms with Crippen LogP contribution in [-0.4, -0.2) is 28.6 Å². The summed E-state index contributed by atoms with van der Waals surface area (Å²) in [6.07, 6.45) is 2.23. The zero-order valence-corrected chi connectivity index (χ0v) is 16.4. The summed E-state index contributed by atoms with van der Waals surface area (Å²) in [5, 5.41) is 15.6. The Bertz CT molecular complexity index is 1080. The first kappa shape index (κ1) is 20.2. The predicted octanol–water partition coefficient (Wildman–Crippen LogP) is 3.27. The number of nitro benzene ring substituents is 1. The van der Waals surface area contributed by atoms with Crippen molar-refractivity contribution in [2.24, 2.45) is 5.10 Å². The van der Waals surface area contributed by atoms with Gasteiger partial charge in [-0.3, -0.25) is 14.9 Å². The number of nitrogens with zero attached hydrogens (tertiary/aromatic N) is 3. The molecule has 0 aliphatic carbocycles. The van der Waals surface area contributed by atoms with Crippen LogP contribution in [-0.2, 0) is 11.2 Å². The summed E-state index contributed by atoms with van der Waals surface area (Å²) >= 11 is 1.36. The highest BCUT2D eigenvalue weighted by molar-refractivity contribution is 7.22. The molecular weight excluding hydrogens is 394 g/mol. The van der Waals surface area contributed by atoms with Crippen molar-refractivity contribution in [1.82, 2.24) is 10.4 Å². The molecule has 10 heteroatoms. The van der Waals surface area contributed by atoms with E-state index in [0.717, 1.165) is 22.2 Å². The fourth-order valence-corrected chi connectivity index (χ4v) is 3.39. The zero-order valence-electron chi connectivity index (χ0n) is 15.6. The van der Waals surface area contributed by atoms with E-state index in [1.54, 1.807) is 6.07 Å². The van der Waals surface area contributed by atoms with E-state index in [9.17, 15) is 14.9 Å². The fraction of sp³-hybridized carbons (Fsp3) is 0.211. The van der Waals surface area contributed by atoms with Gasteiger partial charge in [0.2, 0.25) is 5.91 Å². The lowest BCUT2D eigenvalue weighted by atomic mass is 10.1. The molecule has 0 unspecified atom stereocenters. The summed E-state index contributed by atoms with van der Waals surface area (Å²) in [7, 11) is 0. The monoisotopic (exact) mass is 413 g/mol. The lowest BCUT2D eigenvalue weighted by molar-refractivity contribution is -0.385. The Morgan fingerprint density at radius 1 is 1.38 bits per heavy atom. The van der Waals surface area contributed by atoms with Crippen LogP contribution in [0.4, 0.5) is 10.8 Å². The molecule has 9 nitrogen and oxygen atoms in total. The van der Waals surface area contributed by atoms with Gasteiger partial charge >= 0.3 is 5.69 Å². The van der Waals surface area contributed by atoms with Gasteiger partial charge in [0.1, 0.15) is 0 Å². The Kier molecular flexibility index (Phi) is 6.35. The third-order valence-electron chi connectivity index (χ3n) is 3.88. The number of nitrogen functional groups attached to an aromatic ring is 1. The van der Waals surface area contributed by atoms with E-state index in [-0.39, 0.29) is 23.8 Å². The minimum Gasteiger partial charge on any atom is -0.487 e. The lowest BCUT2D eigenvalue weighted by Gasteiger charge is -2.05. The molecule has 0 saturated heterocycles. The molecular formula is C19H19N5O4S. The summed E-state index contributed by atoms with van der Waals surface area (Å²) in [6.45, 7) is 2.31. The van der Waals surface area contributed by atoms with Crippen LogP contribution >= 0.6 is 11.3 Å². The fourth-order valence-electron chi connectivity index (χ4n) is 2.59.